The number of nitrogens with zero attached hydrogens (tertiary/aromatic N) is 1. The monoisotopic (exact) mass is 197 g/mol. The van der Waals surface area contributed by atoms with Crippen LogP contribution >= 0.6 is 0 Å². The summed E-state index contributed by atoms with van der Waals surface area (Å²) in [6.45, 7) is 14.1. The van der Waals surface area contributed by atoms with Crippen LogP contribution in [0.4, 0.5) is 0 Å². The summed E-state index contributed by atoms with van der Waals surface area (Å²) in [7, 11) is 0. The summed E-state index contributed by atoms with van der Waals surface area (Å²) < 4.78 is 0. The Hall–Kier alpha value is -0.0400. The zero-order valence-electron chi connectivity index (χ0n) is 10.7. The summed E-state index contributed by atoms with van der Waals surface area (Å²) in [6, 6.07) is 2.35. The molecule has 1 unspecified atom stereocenters. The molecule has 0 amide bonds. The van der Waals surface area contributed by atoms with Crippen LogP contribution in [0.25, 0.3) is 0 Å². The maximum atomic E-state index is 2.76. The minimum Gasteiger partial charge on any atom is -0.295 e. The molecule has 1 heterocycles. The van der Waals surface area contributed by atoms with Gasteiger partial charge in [0.1, 0.15) is 0 Å². The molecular formula is C13H27N. The lowest BCUT2D eigenvalue weighted by atomic mass is 10.0. The second-order valence-corrected chi connectivity index (χ2v) is 5.74. The first-order valence-electron chi connectivity index (χ1n) is 6.22. The van der Waals surface area contributed by atoms with E-state index < -0.39 is 0 Å². The third-order valence-corrected chi connectivity index (χ3v) is 3.66. The molecule has 1 fully saturated rings. The van der Waals surface area contributed by atoms with Gasteiger partial charge in [0.05, 0.1) is 0 Å². The zero-order valence-corrected chi connectivity index (χ0v) is 10.7. The molecule has 14 heavy (non-hydrogen) atoms. The summed E-state index contributed by atoms with van der Waals surface area (Å²) in [5, 5.41) is 0. The summed E-state index contributed by atoms with van der Waals surface area (Å²) in [5.74, 6) is 1.61. The molecule has 1 nitrogen and oxygen atoms in total. The zero-order chi connectivity index (χ0) is 10.9. The van der Waals surface area contributed by atoms with Crippen LogP contribution in [0.5, 0.6) is 0 Å². The van der Waals surface area contributed by atoms with E-state index in [1.807, 2.05) is 0 Å². The Bertz CT molecular complexity index is 156. The minimum absolute atomic E-state index is 0.706. The maximum Gasteiger partial charge on any atom is 0.0125 e. The van der Waals surface area contributed by atoms with E-state index in [1.165, 1.54) is 12.8 Å². The van der Waals surface area contributed by atoms with Crippen LogP contribution in [0.2, 0.25) is 0 Å². The average Bonchev–Trinajstić information content (AvgIpc) is 2.46. The second kappa shape index (κ2) is 4.65. The van der Waals surface area contributed by atoms with Crippen molar-refractivity contribution in [2.24, 2.45) is 11.8 Å². The molecule has 0 bridgehead atoms. The van der Waals surface area contributed by atoms with Crippen LogP contribution in [0.3, 0.4) is 0 Å². The molecule has 0 aromatic rings. The van der Waals surface area contributed by atoms with Gasteiger partial charge < -0.3 is 0 Å². The van der Waals surface area contributed by atoms with Crippen LogP contribution in [0, 0.1) is 11.8 Å². The van der Waals surface area contributed by atoms with Crippen molar-refractivity contribution in [3.8, 4) is 0 Å². The van der Waals surface area contributed by atoms with Gasteiger partial charge in [0.2, 0.25) is 0 Å². The van der Waals surface area contributed by atoms with Gasteiger partial charge in [0.15, 0.2) is 0 Å². The molecule has 0 aromatic heterocycles. The number of likely N-dealkylation sites (tertiary alicyclic amines) is 1. The molecule has 1 heteroatoms. The first-order valence-corrected chi connectivity index (χ1v) is 6.22. The van der Waals surface area contributed by atoms with Crippen molar-refractivity contribution in [3.63, 3.8) is 0 Å². The Labute approximate surface area is 89.9 Å². The Morgan fingerprint density at radius 1 is 0.786 bits per heavy atom. The highest BCUT2D eigenvalue weighted by Crippen LogP contribution is 2.34. The third-order valence-electron chi connectivity index (χ3n) is 3.66. The fourth-order valence-electron chi connectivity index (χ4n) is 3.01. The lowest BCUT2D eigenvalue weighted by Crippen LogP contribution is -2.45. The average molecular weight is 197 g/mol. The summed E-state index contributed by atoms with van der Waals surface area (Å²) >= 11 is 0. The third kappa shape index (κ3) is 2.31. The van der Waals surface area contributed by atoms with E-state index in [2.05, 4.69) is 46.4 Å². The van der Waals surface area contributed by atoms with Crippen molar-refractivity contribution in [2.75, 3.05) is 0 Å². The van der Waals surface area contributed by atoms with E-state index in [4.69, 9.17) is 0 Å². The van der Waals surface area contributed by atoms with E-state index in [-0.39, 0.29) is 0 Å². The molecule has 1 rings (SSSR count). The topological polar surface area (TPSA) is 3.24 Å². The molecule has 1 aliphatic rings. The van der Waals surface area contributed by atoms with Crippen LogP contribution in [-0.2, 0) is 0 Å². The van der Waals surface area contributed by atoms with E-state index in [0.29, 0.717) is 6.04 Å². The first kappa shape index (κ1) is 12.0. The van der Waals surface area contributed by atoms with Crippen LogP contribution in [0.15, 0.2) is 0 Å². The molecule has 0 aromatic carbocycles. The SMILES string of the molecule is CC(C)C1CC[C@@H](C(C)C)N1C(C)C. The molecule has 0 spiro atoms. The molecule has 0 N–H and O–H groups in total. The predicted molar refractivity (Wildman–Crippen MR) is 63.5 cm³/mol. The summed E-state index contributed by atoms with van der Waals surface area (Å²) in [4.78, 5) is 2.76. The van der Waals surface area contributed by atoms with Crippen molar-refractivity contribution >= 4 is 0 Å². The molecule has 0 radical (unpaired) electrons. The lowest BCUT2D eigenvalue weighted by molar-refractivity contribution is 0.0959. The Morgan fingerprint density at radius 3 is 1.36 bits per heavy atom. The predicted octanol–water partition coefficient (Wildman–Crippen LogP) is 3.54. The van der Waals surface area contributed by atoms with Crippen molar-refractivity contribution in [3.05, 3.63) is 0 Å². The van der Waals surface area contributed by atoms with Gasteiger partial charge in [-0.1, -0.05) is 27.7 Å². The van der Waals surface area contributed by atoms with Crippen molar-refractivity contribution in [2.45, 2.75) is 72.5 Å². The molecule has 0 saturated carbocycles. The van der Waals surface area contributed by atoms with Gasteiger partial charge in [0.25, 0.3) is 0 Å². The van der Waals surface area contributed by atoms with E-state index >= 15 is 0 Å². The highest BCUT2D eigenvalue weighted by atomic mass is 15.2. The van der Waals surface area contributed by atoms with E-state index in [1.54, 1.807) is 0 Å². The highest BCUT2D eigenvalue weighted by Gasteiger charge is 2.37. The second-order valence-electron chi connectivity index (χ2n) is 5.74. The minimum atomic E-state index is 0.706. The normalized spacial score (nSPS) is 29.8. The summed E-state index contributed by atoms with van der Waals surface area (Å²) in [6.07, 6.45) is 2.80. The molecule has 0 aliphatic carbocycles. The Morgan fingerprint density at radius 2 is 1.14 bits per heavy atom. The number of hydrogen-bond acceptors (Lipinski definition) is 1. The van der Waals surface area contributed by atoms with Gasteiger partial charge >= 0.3 is 0 Å². The van der Waals surface area contributed by atoms with Crippen molar-refractivity contribution in [1.29, 1.82) is 0 Å². The highest BCUT2D eigenvalue weighted by molar-refractivity contribution is 4.92. The fraction of sp³-hybridized carbons (Fsp3) is 1.00. The largest absolute Gasteiger partial charge is 0.295 e. The van der Waals surface area contributed by atoms with Crippen molar-refractivity contribution < 1.29 is 0 Å². The molecule has 1 aliphatic heterocycles. The number of rotatable bonds is 3. The Kier molecular flexibility index (Phi) is 4.00. The standard InChI is InChI=1S/C13H27N/c1-9(2)12-7-8-13(10(3)4)14(12)11(5)6/h9-13H,7-8H2,1-6H3/t12-,13?/m0/s1. The fourth-order valence-corrected chi connectivity index (χ4v) is 3.01. The maximum absolute atomic E-state index is 2.76. The number of hydrogen-bond donors (Lipinski definition) is 0. The van der Waals surface area contributed by atoms with Crippen LogP contribution in [0.1, 0.15) is 54.4 Å². The molecular weight excluding hydrogens is 170 g/mol. The van der Waals surface area contributed by atoms with Gasteiger partial charge in [-0.15, -0.1) is 0 Å². The van der Waals surface area contributed by atoms with Gasteiger partial charge in [0, 0.05) is 18.1 Å². The van der Waals surface area contributed by atoms with E-state index in [0.717, 1.165) is 23.9 Å². The first-order chi connectivity index (χ1) is 6.45. The molecule has 1 saturated heterocycles. The summed E-state index contributed by atoms with van der Waals surface area (Å²) in [5.41, 5.74) is 0. The van der Waals surface area contributed by atoms with Gasteiger partial charge in [-0.05, 0) is 38.5 Å². The molecule has 84 valence electrons. The Balaban J connectivity index is 2.74. The van der Waals surface area contributed by atoms with Crippen LogP contribution in [-0.4, -0.2) is 23.0 Å². The quantitative estimate of drug-likeness (QED) is 0.669. The van der Waals surface area contributed by atoms with Gasteiger partial charge in [-0.25, -0.2) is 0 Å². The smallest absolute Gasteiger partial charge is 0.0125 e. The lowest BCUT2D eigenvalue weighted by Gasteiger charge is -2.37. The molecule has 2 atom stereocenters. The van der Waals surface area contributed by atoms with Crippen LogP contribution < -0.4 is 0 Å². The van der Waals surface area contributed by atoms with E-state index in [9.17, 15) is 0 Å². The van der Waals surface area contributed by atoms with Crippen molar-refractivity contribution in [1.82, 2.24) is 4.90 Å². The van der Waals surface area contributed by atoms with Gasteiger partial charge in [-0.2, -0.15) is 0 Å². The van der Waals surface area contributed by atoms with Gasteiger partial charge in [-0.3, -0.25) is 4.90 Å².